The molecule has 0 aliphatic heterocycles. The van der Waals surface area contributed by atoms with Crippen LogP contribution in [0, 0.1) is 0 Å². The maximum atomic E-state index is 10.2. The molecule has 0 N–H and O–H groups in total. The van der Waals surface area contributed by atoms with E-state index in [4.69, 9.17) is 0 Å². The van der Waals surface area contributed by atoms with E-state index in [0.29, 0.717) is 0 Å². The van der Waals surface area contributed by atoms with E-state index in [0.717, 1.165) is 0 Å². The van der Waals surface area contributed by atoms with Crippen LogP contribution in [-0.4, -0.2) is 8.32 Å². The van der Waals surface area contributed by atoms with Crippen LogP contribution in [0.2, 0.25) is 19.6 Å². The first-order chi connectivity index (χ1) is 2.00. The van der Waals surface area contributed by atoms with Crippen LogP contribution in [0.4, 0.5) is 0 Å². The third kappa shape index (κ3) is 34.3. The summed E-state index contributed by atoms with van der Waals surface area (Å²) in [6.07, 6.45) is 0. The summed E-state index contributed by atoms with van der Waals surface area (Å²) < 4.78 is 0. The molecule has 0 fully saturated rings. The largest absolute Gasteiger partial charge is 1.00 e. The van der Waals surface area contributed by atoms with Gasteiger partial charge in [0.05, 0.1) is 0 Å². The van der Waals surface area contributed by atoms with Crippen LogP contribution in [0.3, 0.4) is 0 Å². The van der Waals surface area contributed by atoms with Gasteiger partial charge in [0.15, 0.2) is 0 Å². The molecule has 0 heterocycles. The summed E-state index contributed by atoms with van der Waals surface area (Å²) in [5.74, 6) is 0. The van der Waals surface area contributed by atoms with Crippen molar-refractivity contribution < 1.29 is 73.7 Å². The molecule has 0 aliphatic rings. The molecule has 0 aromatic heterocycles. The molecule has 0 atom stereocenters. The zero-order chi connectivity index (χ0) is 4.50. The molecule has 0 saturated heterocycles. The average Bonchev–Trinajstić information content (AvgIpc) is 0.722. The Morgan fingerprint density at radius 3 is 1.17 bits per heavy atom. The van der Waals surface area contributed by atoms with Crippen LogP contribution >= 0.6 is 0 Å². The second-order valence-electron chi connectivity index (χ2n) is 2.11. The Balaban J connectivity index is 0. The standard InChI is InChI=1S/C3H9OSi.Cs/c1-5(2,3)4;/h1-3H3;/q-1;+1. The summed E-state index contributed by atoms with van der Waals surface area (Å²) in [6, 6.07) is 0. The zero-order valence-corrected chi connectivity index (χ0v) is 12.2. The van der Waals surface area contributed by atoms with Gasteiger partial charge in [0.1, 0.15) is 0 Å². The van der Waals surface area contributed by atoms with Crippen molar-refractivity contribution in [3.8, 4) is 0 Å². The van der Waals surface area contributed by atoms with Crippen LogP contribution in [0.1, 0.15) is 0 Å². The molecule has 6 heavy (non-hydrogen) atoms. The summed E-state index contributed by atoms with van der Waals surface area (Å²) in [5, 5.41) is 0. The summed E-state index contributed by atoms with van der Waals surface area (Å²) in [5.41, 5.74) is 0. The zero-order valence-electron chi connectivity index (χ0n) is 4.91. The van der Waals surface area contributed by atoms with E-state index >= 15 is 0 Å². The Bertz CT molecular complexity index is 26.3. The average molecular weight is 222 g/mol. The second kappa shape index (κ2) is 4.14. The van der Waals surface area contributed by atoms with E-state index in [1.807, 2.05) is 0 Å². The molecule has 0 spiro atoms. The Kier molecular flexibility index (Phi) is 7.65. The maximum absolute atomic E-state index is 10.2. The van der Waals surface area contributed by atoms with Gasteiger partial charge < -0.3 is 4.80 Å². The topological polar surface area (TPSA) is 23.1 Å². The molecule has 0 saturated carbocycles. The summed E-state index contributed by atoms with van der Waals surface area (Å²) in [6.45, 7) is 5.31. The van der Waals surface area contributed by atoms with Crippen LogP contribution in [0.15, 0.2) is 0 Å². The van der Waals surface area contributed by atoms with Crippen molar-refractivity contribution >= 4 is 8.32 Å². The van der Waals surface area contributed by atoms with E-state index < -0.39 is 8.32 Å². The van der Waals surface area contributed by atoms with Crippen LogP contribution in [0.25, 0.3) is 0 Å². The molecule has 0 rings (SSSR count). The molecule has 0 bridgehead atoms. The molecule has 0 aliphatic carbocycles. The minimum absolute atomic E-state index is 0. The van der Waals surface area contributed by atoms with Crippen molar-refractivity contribution in [3.63, 3.8) is 0 Å². The van der Waals surface area contributed by atoms with Gasteiger partial charge in [0.25, 0.3) is 0 Å². The third-order valence-electron chi connectivity index (χ3n) is 0. The minimum atomic E-state index is -1.86. The van der Waals surface area contributed by atoms with E-state index in [9.17, 15) is 4.80 Å². The molecule has 0 radical (unpaired) electrons. The predicted molar refractivity (Wildman–Crippen MR) is 23.3 cm³/mol. The quantitative estimate of drug-likeness (QED) is 0.406. The van der Waals surface area contributed by atoms with Crippen molar-refractivity contribution in [1.82, 2.24) is 0 Å². The Hall–Kier alpha value is 2.23. The molecule has 3 heteroatoms. The molecule has 0 aromatic rings. The predicted octanol–water partition coefficient (Wildman–Crippen LogP) is -2.81. The summed E-state index contributed by atoms with van der Waals surface area (Å²) >= 11 is 0. The maximum Gasteiger partial charge on any atom is 1.00 e. The molecule has 32 valence electrons. The summed E-state index contributed by atoms with van der Waals surface area (Å²) in [4.78, 5) is 10.2. The first kappa shape index (κ1) is 11.1. The number of hydrogen-bond donors (Lipinski definition) is 0. The van der Waals surface area contributed by atoms with Gasteiger partial charge in [-0.3, -0.25) is 0 Å². The van der Waals surface area contributed by atoms with E-state index in [1.54, 1.807) is 19.6 Å². The van der Waals surface area contributed by atoms with Gasteiger partial charge >= 0.3 is 68.9 Å². The normalized spacial score (nSPS) is 10.0. The number of hydrogen-bond acceptors (Lipinski definition) is 1. The van der Waals surface area contributed by atoms with Crippen molar-refractivity contribution in [1.29, 1.82) is 0 Å². The Morgan fingerprint density at radius 1 is 1.17 bits per heavy atom. The minimum Gasteiger partial charge on any atom is -0.859 e. The van der Waals surface area contributed by atoms with Crippen molar-refractivity contribution in [3.05, 3.63) is 0 Å². The monoisotopic (exact) mass is 222 g/mol. The first-order valence-electron chi connectivity index (χ1n) is 1.70. The fraction of sp³-hybridized carbons (Fsp3) is 1.00. The van der Waals surface area contributed by atoms with Gasteiger partial charge in [0.2, 0.25) is 0 Å². The van der Waals surface area contributed by atoms with Crippen molar-refractivity contribution in [2.45, 2.75) is 19.6 Å². The number of rotatable bonds is 0. The van der Waals surface area contributed by atoms with Crippen LogP contribution in [0.5, 0.6) is 0 Å². The van der Waals surface area contributed by atoms with Gasteiger partial charge in [-0.15, -0.1) is 0 Å². The molecule has 0 unspecified atom stereocenters. The van der Waals surface area contributed by atoms with Crippen molar-refractivity contribution in [2.75, 3.05) is 0 Å². The SMILES string of the molecule is C[Si](C)(C)[O-].[Cs+]. The van der Waals surface area contributed by atoms with E-state index in [2.05, 4.69) is 0 Å². The Labute approximate surface area is 99.1 Å². The van der Waals surface area contributed by atoms with Gasteiger partial charge in [-0.1, -0.05) is 28.0 Å². The van der Waals surface area contributed by atoms with Gasteiger partial charge in [-0.25, -0.2) is 0 Å². The summed E-state index contributed by atoms with van der Waals surface area (Å²) in [7, 11) is -1.86. The van der Waals surface area contributed by atoms with E-state index in [-0.39, 0.29) is 68.9 Å². The van der Waals surface area contributed by atoms with Crippen LogP contribution in [-0.2, 0) is 0 Å². The van der Waals surface area contributed by atoms with Gasteiger partial charge in [-0.05, 0) is 0 Å². The van der Waals surface area contributed by atoms with Crippen LogP contribution < -0.4 is 73.7 Å². The molecular formula is C3H9CsOSi. The van der Waals surface area contributed by atoms with Crippen molar-refractivity contribution in [2.24, 2.45) is 0 Å². The fourth-order valence-electron chi connectivity index (χ4n) is 0. The van der Waals surface area contributed by atoms with E-state index in [1.165, 1.54) is 0 Å². The molecular weight excluding hydrogens is 213 g/mol. The van der Waals surface area contributed by atoms with Gasteiger partial charge in [-0.2, -0.15) is 0 Å². The third-order valence-corrected chi connectivity index (χ3v) is 0. The fourth-order valence-corrected chi connectivity index (χ4v) is 0. The molecule has 1 nitrogen and oxygen atoms in total. The van der Waals surface area contributed by atoms with Gasteiger partial charge in [0, 0.05) is 0 Å². The Morgan fingerprint density at radius 2 is 1.17 bits per heavy atom. The molecule has 0 amide bonds. The first-order valence-corrected chi connectivity index (χ1v) is 5.11. The second-order valence-corrected chi connectivity index (χ2v) is 6.34. The smallest absolute Gasteiger partial charge is 0.859 e. The molecule has 0 aromatic carbocycles.